The van der Waals surface area contributed by atoms with Crippen LogP contribution < -0.4 is 5.46 Å². The molecule has 1 aliphatic rings. The summed E-state index contributed by atoms with van der Waals surface area (Å²) in [4.78, 5) is 0. The zero-order valence-corrected chi connectivity index (χ0v) is 12.1. The van der Waals surface area contributed by atoms with E-state index in [0.29, 0.717) is 5.46 Å². The summed E-state index contributed by atoms with van der Waals surface area (Å²) in [5.41, 5.74) is 5.37. The van der Waals surface area contributed by atoms with Crippen LogP contribution in [-0.2, 0) is 6.42 Å². The van der Waals surface area contributed by atoms with Crippen LogP contribution in [0.25, 0.3) is 22.7 Å². The molecule has 0 aliphatic heterocycles. The highest BCUT2D eigenvalue weighted by molar-refractivity contribution is 6.58. The van der Waals surface area contributed by atoms with Crippen molar-refractivity contribution in [3.8, 4) is 5.69 Å². The maximum Gasteiger partial charge on any atom is 0.488 e. The molecule has 3 nitrogen and oxygen atoms in total. The van der Waals surface area contributed by atoms with E-state index in [-0.39, 0.29) is 0 Å². The van der Waals surface area contributed by atoms with Crippen LogP contribution in [0.4, 0.5) is 0 Å². The number of aromatic nitrogens is 1. The Balaban J connectivity index is 1.96. The lowest BCUT2D eigenvalue weighted by Crippen LogP contribution is -2.29. The predicted octanol–water partition coefficient (Wildman–Crippen LogP) is 2.27. The first-order valence-electron chi connectivity index (χ1n) is 7.51. The Bertz CT molecular complexity index is 863. The van der Waals surface area contributed by atoms with Gasteiger partial charge in [0.05, 0.1) is 5.52 Å². The molecule has 0 unspecified atom stereocenters. The van der Waals surface area contributed by atoms with Crippen LogP contribution >= 0.6 is 0 Å². The third kappa shape index (κ3) is 2.00. The molecule has 0 saturated heterocycles. The van der Waals surface area contributed by atoms with Crippen molar-refractivity contribution in [1.82, 2.24) is 4.57 Å². The summed E-state index contributed by atoms with van der Waals surface area (Å²) in [5, 5.41) is 19.8. The van der Waals surface area contributed by atoms with Gasteiger partial charge in [-0.2, -0.15) is 0 Å². The minimum Gasteiger partial charge on any atom is -0.423 e. The molecule has 108 valence electrons. The minimum absolute atomic E-state index is 0.508. The highest BCUT2D eigenvalue weighted by Gasteiger charge is 2.18. The van der Waals surface area contributed by atoms with Gasteiger partial charge >= 0.3 is 7.12 Å². The Labute approximate surface area is 129 Å². The lowest BCUT2D eigenvalue weighted by molar-refractivity contribution is 0.426. The first-order chi connectivity index (χ1) is 10.8. The van der Waals surface area contributed by atoms with E-state index in [9.17, 15) is 10.0 Å². The van der Waals surface area contributed by atoms with Crippen molar-refractivity contribution >= 4 is 29.6 Å². The molecule has 4 heteroatoms. The van der Waals surface area contributed by atoms with E-state index in [1.807, 2.05) is 12.1 Å². The first kappa shape index (κ1) is 13.4. The topological polar surface area (TPSA) is 45.4 Å². The number of rotatable bonds is 2. The van der Waals surface area contributed by atoms with Crippen molar-refractivity contribution in [3.05, 3.63) is 65.9 Å². The number of hydrogen-bond acceptors (Lipinski definition) is 2. The van der Waals surface area contributed by atoms with Gasteiger partial charge in [-0.15, -0.1) is 0 Å². The molecule has 0 bridgehead atoms. The Morgan fingerprint density at radius 3 is 2.50 bits per heavy atom. The van der Waals surface area contributed by atoms with Crippen LogP contribution in [0.5, 0.6) is 0 Å². The monoisotopic (exact) mass is 289 g/mol. The van der Waals surface area contributed by atoms with Gasteiger partial charge in [-0.3, -0.25) is 0 Å². The van der Waals surface area contributed by atoms with E-state index in [4.69, 9.17) is 0 Å². The smallest absolute Gasteiger partial charge is 0.423 e. The lowest BCUT2D eigenvalue weighted by Gasteiger charge is -2.13. The van der Waals surface area contributed by atoms with Crippen LogP contribution in [-0.4, -0.2) is 21.7 Å². The number of benzene rings is 2. The van der Waals surface area contributed by atoms with Crippen LogP contribution in [0.1, 0.15) is 17.7 Å². The maximum absolute atomic E-state index is 9.25. The molecule has 22 heavy (non-hydrogen) atoms. The molecule has 3 aromatic rings. The number of para-hydroxylation sites is 1. The zero-order chi connectivity index (χ0) is 15.1. The second-order valence-corrected chi connectivity index (χ2v) is 5.62. The van der Waals surface area contributed by atoms with E-state index >= 15 is 0 Å². The molecule has 1 aliphatic carbocycles. The number of nitrogens with zero attached hydrogens (tertiary/aromatic N) is 1. The maximum atomic E-state index is 9.25. The lowest BCUT2D eigenvalue weighted by atomic mass is 9.80. The van der Waals surface area contributed by atoms with Crippen LogP contribution in [0, 0.1) is 0 Å². The summed E-state index contributed by atoms with van der Waals surface area (Å²) >= 11 is 0. The van der Waals surface area contributed by atoms with Gasteiger partial charge in [-0.1, -0.05) is 42.5 Å². The van der Waals surface area contributed by atoms with E-state index < -0.39 is 7.12 Å². The second-order valence-electron chi connectivity index (χ2n) is 5.62. The van der Waals surface area contributed by atoms with Crippen LogP contribution in [0.2, 0.25) is 0 Å². The normalized spacial score (nSPS) is 13.4. The van der Waals surface area contributed by atoms with Gasteiger partial charge in [0, 0.05) is 22.3 Å². The number of fused-ring (bicyclic) bond motifs is 3. The quantitative estimate of drug-likeness (QED) is 0.711. The average Bonchev–Trinajstić information content (AvgIpc) is 2.89. The Hall–Kier alpha value is -2.30. The van der Waals surface area contributed by atoms with E-state index in [1.54, 1.807) is 12.1 Å². The van der Waals surface area contributed by atoms with Crippen molar-refractivity contribution in [2.45, 2.75) is 12.8 Å². The van der Waals surface area contributed by atoms with Crippen molar-refractivity contribution in [2.75, 3.05) is 0 Å². The highest BCUT2D eigenvalue weighted by atomic mass is 16.4. The summed E-state index contributed by atoms with van der Waals surface area (Å²) in [6.07, 6.45) is 6.51. The molecule has 0 amide bonds. The van der Waals surface area contributed by atoms with Gasteiger partial charge in [0.2, 0.25) is 0 Å². The van der Waals surface area contributed by atoms with Gasteiger partial charge in [0.1, 0.15) is 0 Å². The van der Waals surface area contributed by atoms with Gasteiger partial charge < -0.3 is 14.6 Å². The fraction of sp³-hybridized carbons (Fsp3) is 0.111. The van der Waals surface area contributed by atoms with Gasteiger partial charge in [-0.25, -0.2) is 0 Å². The molecular formula is C18H16BNO2. The summed E-state index contributed by atoms with van der Waals surface area (Å²) in [7, 11) is -1.42. The number of allylic oxidation sites excluding steroid dienone is 1. The average molecular weight is 289 g/mol. The van der Waals surface area contributed by atoms with Crippen molar-refractivity contribution in [2.24, 2.45) is 0 Å². The zero-order valence-electron chi connectivity index (χ0n) is 12.1. The summed E-state index contributed by atoms with van der Waals surface area (Å²) in [6, 6.07) is 15.8. The molecule has 1 heterocycles. The summed E-state index contributed by atoms with van der Waals surface area (Å²) in [5.74, 6) is 0. The minimum atomic E-state index is -1.42. The third-order valence-electron chi connectivity index (χ3n) is 4.30. The van der Waals surface area contributed by atoms with E-state index in [0.717, 1.165) is 18.5 Å². The molecule has 1 aromatic heterocycles. The number of hydrogen-bond donors (Lipinski definition) is 2. The van der Waals surface area contributed by atoms with Crippen molar-refractivity contribution in [1.29, 1.82) is 0 Å². The second kappa shape index (κ2) is 5.16. The third-order valence-corrected chi connectivity index (χ3v) is 4.30. The molecule has 2 aromatic carbocycles. The van der Waals surface area contributed by atoms with Crippen LogP contribution in [0.3, 0.4) is 0 Å². The standard InChI is InChI=1S/C18H16BNO2/c21-19(22)13-9-11-14(12-10-13)20-17-7-3-1-5-15(17)16-6-2-4-8-18(16)20/h1-3,5-7,9-12,21-22H,4,8H2. The van der Waals surface area contributed by atoms with Gasteiger partial charge in [0.15, 0.2) is 0 Å². The fourth-order valence-corrected chi connectivity index (χ4v) is 3.26. The highest BCUT2D eigenvalue weighted by Crippen LogP contribution is 2.33. The van der Waals surface area contributed by atoms with E-state index in [1.165, 1.54) is 22.2 Å². The van der Waals surface area contributed by atoms with E-state index in [2.05, 4.69) is 41.0 Å². The fourth-order valence-electron chi connectivity index (χ4n) is 3.26. The predicted molar refractivity (Wildman–Crippen MR) is 90.5 cm³/mol. The van der Waals surface area contributed by atoms with Crippen LogP contribution in [0.15, 0.2) is 54.6 Å². The molecule has 0 fully saturated rings. The van der Waals surface area contributed by atoms with Crippen molar-refractivity contribution < 1.29 is 10.0 Å². The van der Waals surface area contributed by atoms with Gasteiger partial charge in [-0.05, 0) is 36.5 Å². The summed E-state index contributed by atoms with van der Waals surface area (Å²) in [6.45, 7) is 0. The molecular weight excluding hydrogens is 273 g/mol. The largest absolute Gasteiger partial charge is 0.488 e. The summed E-state index contributed by atoms with van der Waals surface area (Å²) < 4.78 is 2.28. The molecule has 0 radical (unpaired) electrons. The first-order valence-corrected chi connectivity index (χ1v) is 7.51. The molecule has 0 atom stereocenters. The molecule has 0 spiro atoms. The Kier molecular flexibility index (Phi) is 3.14. The Morgan fingerprint density at radius 1 is 0.955 bits per heavy atom. The molecule has 2 N–H and O–H groups in total. The molecule has 4 rings (SSSR count). The SMILES string of the molecule is OB(O)c1ccc(-n2c3c(c4ccccc42)C=CCC3)cc1. The molecule has 0 saturated carbocycles. The van der Waals surface area contributed by atoms with Crippen molar-refractivity contribution in [3.63, 3.8) is 0 Å². The van der Waals surface area contributed by atoms with Gasteiger partial charge in [0.25, 0.3) is 0 Å². The Morgan fingerprint density at radius 2 is 1.73 bits per heavy atom.